The summed E-state index contributed by atoms with van der Waals surface area (Å²) in [5.41, 5.74) is 5.89. The van der Waals surface area contributed by atoms with E-state index in [0.29, 0.717) is 30.4 Å². The summed E-state index contributed by atoms with van der Waals surface area (Å²) in [6, 6.07) is 1.13. The van der Waals surface area contributed by atoms with Crippen LogP contribution in [-0.2, 0) is 0 Å². The Balaban J connectivity index is 1.68. The van der Waals surface area contributed by atoms with E-state index in [-0.39, 0.29) is 39.7 Å². The minimum absolute atomic E-state index is 0.0106. The van der Waals surface area contributed by atoms with Crippen molar-refractivity contribution < 1.29 is 14.3 Å². The van der Waals surface area contributed by atoms with Gasteiger partial charge in [0.2, 0.25) is 5.43 Å². The van der Waals surface area contributed by atoms with Crippen LogP contribution in [0, 0.1) is 23.6 Å². The molecule has 0 radical (unpaired) electrons. The Kier molecular flexibility index (Phi) is 4.45. The number of hydrogen-bond donors (Lipinski definition) is 2. The van der Waals surface area contributed by atoms with Gasteiger partial charge in [-0.05, 0) is 30.7 Å². The molecule has 1 aromatic heterocycles. The molecule has 2 fully saturated rings. The van der Waals surface area contributed by atoms with Gasteiger partial charge in [-0.2, -0.15) is 0 Å². The van der Waals surface area contributed by atoms with Crippen molar-refractivity contribution in [3.05, 3.63) is 51.0 Å². The fourth-order valence-electron chi connectivity index (χ4n) is 5.10. The zero-order chi connectivity index (χ0) is 21.3. The summed E-state index contributed by atoms with van der Waals surface area (Å²) >= 11 is 6.74. The molecule has 5 rings (SSSR count). The first-order chi connectivity index (χ1) is 14.3. The standard InChI is InChI=1S/C22H23ClFN3O3/c1-10-2-5-17(25)14-8-26(7-13(10)14)20-16(24)6-12-19(18(20)23)27(11-3-4-11)9-15(21(12)28)22(29)30/h2,5-6,9-11,13-14,17H,3-4,7-8,25H2,1H3,(H,29,30). The number of anilines is 1. The summed E-state index contributed by atoms with van der Waals surface area (Å²) in [5, 5.41) is 9.60. The highest BCUT2D eigenvalue weighted by molar-refractivity contribution is 6.38. The minimum atomic E-state index is -1.32. The third kappa shape index (κ3) is 2.87. The molecule has 2 aliphatic carbocycles. The van der Waals surface area contributed by atoms with Crippen molar-refractivity contribution in [2.75, 3.05) is 18.0 Å². The van der Waals surface area contributed by atoms with Crippen molar-refractivity contribution in [3.63, 3.8) is 0 Å². The SMILES string of the molecule is CC1C=CC(N)C2CN(c3c(F)cc4c(=O)c(C(=O)O)cn(C5CC5)c4c3Cl)CC12. The highest BCUT2D eigenvalue weighted by atomic mass is 35.5. The number of carbonyl (C=O) groups is 1. The van der Waals surface area contributed by atoms with Crippen molar-refractivity contribution in [3.8, 4) is 0 Å². The van der Waals surface area contributed by atoms with Crippen LogP contribution in [0.2, 0.25) is 5.02 Å². The van der Waals surface area contributed by atoms with Crippen LogP contribution < -0.4 is 16.1 Å². The van der Waals surface area contributed by atoms with Gasteiger partial charge in [-0.3, -0.25) is 4.79 Å². The lowest BCUT2D eigenvalue weighted by Gasteiger charge is -2.30. The van der Waals surface area contributed by atoms with Crippen LogP contribution in [0.5, 0.6) is 0 Å². The highest BCUT2D eigenvalue weighted by Gasteiger charge is 2.42. The Bertz CT molecular complexity index is 1140. The molecule has 30 heavy (non-hydrogen) atoms. The maximum Gasteiger partial charge on any atom is 0.341 e. The molecule has 1 saturated heterocycles. The summed E-state index contributed by atoms with van der Waals surface area (Å²) < 4.78 is 17.0. The predicted molar refractivity (Wildman–Crippen MR) is 114 cm³/mol. The van der Waals surface area contributed by atoms with Gasteiger partial charge in [-0.15, -0.1) is 0 Å². The van der Waals surface area contributed by atoms with Crippen LogP contribution in [0.4, 0.5) is 10.1 Å². The summed E-state index contributed by atoms with van der Waals surface area (Å²) in [7, 11) is 0. The first-order valence-electron chi connectivity index (χ1n) is 10.3. The van der Waals surface area contributed by atoms with E-state index >= 15 is 4.39 Å². The molecule has 0 bridgehead atoms. The Morgan fingerprint density at radius 1 is 1.27 bits per heavy atom. The van der Waals surface area contributed by atoms with Gasteiger partial charge in [0.05, 0.1) is 21.6 Å². The fraction of sp³-hybridized carbons (Fsp3) is 0.455. The highest BCUT2D eigenvalue weighted by Crippen LogP contribution is 2.45. The molecular formula is C22H23ClFN3O3. The number of halogens is 2. The lowest BCUT2D eigenvalue weighted by molar-refractivity contribution is 0.0695. The van der Waals surface area contributed by atoms with E-state index in [1.807, 2.05) is 11.0 Å². The number of allylic oxidation sites excluding steroid dienone is 1. The molecule has 0 spiro atoms. The van der Waals surface area contributed by atoms with E-state index in [1.165, 1.54) is 6.20 Å². The summed E-state index contributed by atoms with van der Waals surface area (Å²) in [4.78, 5) is 26.2. The van der Waals surface area contributed by atoms with Gasteiger partial charge >= 0.3 is 5.97 Å². The van der Waals surface area contributed by atoms with Gasteiger partial charge in [0.25, 0.3) is 0 Å². The quantitative estimate of drug-likeness (QED) is 0.727. The number of hydrogen-bond acceptors (Lipinski definition) is 4. The number of nitrogens with zero attached hydrogens (tertiary/aromatic N) is 2. The van der Waals surface area contributed by atoms with Crippen molar-refractivity contribution in [1.82, 2.24) is 4.57 Å². The van der Waals surface area contributed by atoms with Gasteiger partial charge in [-0.1, -0.05) is 30.7 Å². The third-order valence-electron chi connectivity index (χ3n) is 6.89. The molecule has 4 unspecified atom stereocenters. The van der Waals surface area contributed by atoms with Crippen LogP contribution in [0.15, 0.2) is 29.2 Å². The van der Waals surface area contributed by atoms with E-state index in [9.17, 15) is 14.7 Å². The second-order valence-electron chi connectivity index (χ2n) is 8.79. The number of aromatic carboxylic acids is 1. The van der Waals surface area contributed by atoms with Crippen molar-refractivity contribution >= 4 is 34.2 Å². The number of fused-ring (bicyclic) bond motifs is 2. The fourth-order valence-corrected chi connectivity index (χ4v) is 5.51. The van der Waals surface area contributed by atoms with Crippen molar-refractivity contribution in [2.24, 2.45) is 23.5 Å². The molecule has 1 saturated carbocycles. The largest absolute Gasteiger partial charge is 0.477 e. The molecular weight excluding hydrogens is 409 g/mol. The number of carboxylic acids is 1. The maximum atomic E-state index is 15.3. The van der Waals surface area contributed by atoms with Gasteiger partial charge in [0, 0.05) is 37.3 Å². The normalized spacial score (nSPS) is 28.2. The molecule has 3 aliphatic rings. The number of pyridine rings is 1. The molecule has 1 aromatic carbocycles. The zero-order valence-corrected chi connectivity index (χ0v) is 17.3. The van der Waals surface area contributed by atoms with Crippen molar-refractivity contribution in [1.29, 1.82) is 0 Å². The van der Waals surface area contributed by atoms with Gasteiger partial charge < -0.3 is 20.3 Å². The third-order valence-corrected chi connectivity index (χ3v) is 7.25. The van der Waals surface area contributed by atoms with Gasteiger partial charge in [0.1, 0.15) is 11.4 Å². The van der Waals surface area contributed by atoms with E-state index in [4.69, 9.17) is 17.3 Å². The second kappa shape index (κ2) is 6.82. The average molecular weight is 432 g/mol. The number of aromatic nitrogens is 1. The molecule has 158 valence electrons. The Hall–Kier alpha value is -2.38. The molecule has 4 atom stereocenters. The molecule has 3 N–H and O–H groups in total. The second-order valence-corrected chi connectivity index (χ2v) is 9.16. The molecule has 6 nitrogen and oxygen atoms in total. The summed E-state index contributed by atoms with van der Waals surface area (Å²) in [5.74, 6) is -1.09. The molecule has 2 aromatic rings. The number of benzene rings is 1. The van der Waals surface area contributed by atoms with E-state index in [2.05, 4.69) is 13.0 Å². The average Bonchev–Trinajstić information content (AvgIpc) is 3.44. The molecule has 0 amide bonds. The number of carboxylic acid groups (broad SMARTS) is 1. The number of nitrogens with two attached hydrogens (primary N) is 1. The lowest BCUT2D eigenvalue weighted by Crippen LogP contribution is -2.38. The van der Waals surface area contributed by atoms with Crippen LogP contribution in [0.25, 0.3) is 10.9 Å². The Morgan fingerprint density at radius 2 is 1.97 bits per heavy atom. The number of rotatable bonds is 3. The molecule has 2 heterocycles. The van der Waals surface area contributed by atoms with Crippen LogP contribution in [0.1, 0.15) is 36.2 Å². The maximum absolute atomic E-state index is 15.3. The van der Waals surface area contributed by atoms with Crippen LogP contribution in [-0.4, -0.2) is 34.8 Å². The summed E-state index contributed by atoms with van der Waals surface area (Å²) in [6.07, 6.45) is 7.22. The van der Waals surface area contributed by atoms with Gasteiger partial charge in [0.15, 0.2) is 0 Å². The monoisotopic (exact) mass is 431 g/mol. The first kappa shape index (κ1) is 19.6. The first-order valence-corrected chi connectivity index (χ1v) is 10.6. The lowest BCUT2D eigenvalue weighted by atomic mass is 9.77. The Morgan fingerprint density at radius 3 is 2.60 bits per heavy atom. The summed E-state index contributed by atoms with van der Waals surface area (Å²) in [6.45, 7) is 3.36. The van der Waals surface area contributed by atoms with Gasteiger partial charge in [-0.25, -0.2) is 9.18 Å². The smallest absolute Gasteiger partial charge is 0.341 e. The predicted octanol–water partition coefficient (Wildman–Crippen LogP) is 3.41. The minimum Gasteiger partial charge on any atom is -0.477 e. The Labute approximate surface area is 177 Å². The van der Waals surface area contributed by atoms with Crippen LogP contribution >= 0.6 is 11.6 Å². The van der Waals surface area contributed by atoms with E-state index in [1.54, 1.807) is 4.57 Å². The molecule has 8 heteroatoms. The van der Waals surface area contributed by atoms with E-state index in [0.717, 1.165) is 18.9 Å². The molecule has 1 aliphatic heterocycles. The van der Waals surface area contributed by atoms with Crippen LogP contribution in [0.3, 0.4) is 0 Å². The van der Waals surface area contributed by atoms with E-state index < -0.39 is 17.2 Å². The topological polar surface area (TPSA) is 88.6 Å². The zero-order valence-electron chi connectivity index (χ0n) is 16.5. The van der Waals surface area contributed by atoms with Crippen molar-refractivity contribution in [2.45, 2.75) is 31.8 Å².